The van der Waals surface area contributed by atoms with Crippen LogP contribution in [0.3, 0.4) is 0 Å². The van der Waals surface area contributed by atoms with Gasteiger partial charge < -0.3 is 5.32 Å². The maximum atomic E-state index is 12.2. The van der Waals surface area contributed by atoms with Crippen LogP contribution in [0, 0.1) is 0 Å². The Bertz CT molecular complexity index is 65.1. The van der Waals surface area contributed by atoms with Crippen molar-refractivity contribution in [2.24, 2.45) is 0 Å². The average molecular weight is 204 g/mol. The summed E-state index contributed by atoms with van der Waals surface area (Å²) in [5.74, 6) is 0. The SMILES string of the molecule is Cl.F[C@@H]1CNC[C@H]1Br. The highest BCUT2D eigenvalue weighted by molar-refractivity contribution is 9.09. The second-order valence-corrected chi connectivity index (χ2v) is 2.87. The van der Waals surface area contributed by atoms with Gasteiger partial charge in [-0.05, 0) is 0 Å². The van der Waals surface area contributed by atoms with E-state index in [9.17, 15) is 4.39 Å². The molecule has 1 nitrogen and oxygen atoms in total. The van der Waals surface area contributed by atoms with Gasteiger partial charge in [-0.1, -0.05) is 15.9 Å². The molecule has 8 heavy (non-hydrogen) atoms. The second-order valence-electron chi connectivity index (χ2n) is 1.69. The first-order valence-corrected chi connectivity index (χ1v) is 3.21. The summed E-state index contributed by atoms with van der Waals surface area (Å²) in [4.78, 5) is 0.0486. The Balaban J connectivity index is 0.000000490. The van der Waals surface area contributed by atoms with E-state index in [1.807, 2.05) is 0 Å². The number of hydrogen-bond acceptors (Lipinski definition) is 1. The zero-order valence-corrected chi connectivity index (χ0v) is 6.64. The highest BCUT2D eigenvalue weighted by Crippen LogP contribution is 2.12. The van der Waals surface area contributed by atoms with E-state index >= 15 is 0 Å². The molecule has 1 heterocycles. The normalized spacial score (nSPS) is 36.8. The van der Waals surface area contributed by atoms with Gasteiger partial charge in [0, 0.05) is 13.1 Å². The predicted molar refractivity (Wildman–Crippen MR) is 37.7 cm³/mol. The van der Waals surface area contributed by atoms with Crippen molar-refractivity contribution >= 4 is 28.3 Å². The quantitative estimate of drug-likeness (QED) is 0.583. The fourth-order valence-electron chi connectivity index (χ4n) is 0.615. The molecular weight excluding hydrogens is 196 g/mol. The van der Waals surface area contributed by atoms with Crippen molar-refractivity contribution in [3.05, 3.63) is 0 Å². The van der Waals surface area contributed by atoms with Gasteiger partial charge in [0.1, 0.15) is 6.17 Å². The van der Waals surface area contributed by atoms with Crippen LogP contribution in [-0.2, 0) is 0 Å². The van der Waals surface area contributed by atoms with Gasteiger partial charge in [0.25, 0.3) is 0 Å². The lowest BCUT2D eigenvalue weighted by Gasteiger charge is -1.97. The smallest absolute Gasteiger partial charge is 0.126 e. The molecule has 0 aliphatic carbocycles. The Kier molecular flexibility index (Phi) is 3.94. The Labute approximate surface area is 62.6 Å². The Morgan fingerprint density at radius 2 is 2.12 bits per heavy atom. The van der Waals surface area contributed by atoms with Gasteiger partial charge >= 0.3 is 0 Å². The monoisotopic (exact) mass is 203 g/mol. The average Bonchev–Trinajstić information content (AvgIpc) is 1.91. The maximum Gasteiger partial charge on any atom is 0.126 e. The molecule has 1 N–H and O–H groups in total. The molecule has 0 unspecified atom stereocenters. The van der Waals surface area contributed by atoms with Gasteiger partial charge in [-0.3, -0.25) is 0 Å². The summed E-state index contributed by atoms with van der Waals surface area (Å²) in [6.07, 6.45) is -0.681. The van der Waals surface area contributed by atoms with E-state index in [1.165, 1.54) is 0 Å². The standard InChI is InChI=1S/C4H7BrFN.ClH/c5-3-1-7-2-4(3)6;/h3-4,7H,1-2H2;1H/t3-,4-;/m1./s1. The minimum atomic E-state index is -0.681. The summed E-state index contributed by atoms with van der Waals surface area (Å²) in [5, 5.41) is 2.90. The molecule has 4 heteroatoms. The van der Waals surface area contributed by atoms with E-state index < -0.39 is 6.17 Å². The first-order chi connectivity index (χ1) is 3.30. The molecule has 1 saturated heterocycles. The van der Waals surface area contributed by atoms with Crippen LogP contribution in [0.2, 0.25) is 0 Å². The molecule has 0 bridgehead atoms. The summed E-state index contributed by atoms with van der Waals surface area (Å²) in [5.41, 5.74) is 0. The van der Waals surface area contributed by atoms with Crippen molar-refractivity contribution in [2.75, 3.05) is 13.1 Å². The lowest BCUT2D eigenvalue weighted by Crippen LogP contribution is -2.10. The van der Waals surface area contributed by atoms with Crippen molar-refractivity contribution in [3.8, 4) is 0 Å². The van der Waals surface area contributed by atoms with Gasteiger partial charge in [-0.2, -0.15) is 0 Å². The Morgan fingerprint density at radius 1 is 1.50 bits per heavy atom. The van der Waals surface area contributed by atoms with E-state index in [2.05, 4.69) is 21.2 Å². The molecular formula is C4H8BrClFN. The molecule has 0 aromatic carbocycles. The first kappa shape index (κ1) is 8.66. The zero-order valence-electron chi connectivity index (χ0n) is 4.23. The number of nitrogens with one attached hydrogen (secondary N) is 1. The van der Waals surface area contributed by atoms with Crippen LogP contribution >= 0.6 is 28.3 Å². The van der Waals surface area contributed by atoms with E-state index in [-0.39, 0.29) is 17.2 Å². The van der Waals surface area contributed by atoms with E-state index in [4.69, 9.17) is 0 Å². The Morgan fingerprint density at radius 3 is 2.25 bits per heavy atom. The molecule has 0 aromatic rings. The summed E-state index contributed by atoms with van der Waals surface area (Å²) < 4.78 is 12.2. The molecule has 0 radical (unpaired) electrons. The van der Waals surface area contributed by atoms with Crippen LogP contribution in [0.5, 0.6) is 0 Å². The second kappa shape index (κ2) is 3.64. The van der Waals surface area contributed by atoms with Crippen molar-refractivity contribution in [2.45, 2.75) is 11.0 Å². The van der Waals surface area contributed by atoms with Gasteiger partial charge in [0.05, 0.1) is 4.83 Å². The summed E-state index contributed by atoms with van der Waals surface area (Å²) in [6.45, 7) is 1.27. The molecule has 0 spiro atoms. The Hall–Kier alpha value is 0.660. The predicted octanol–water partition coefficient (Wildman–Crippen LogP) is 1.11. The fourth-order valence-corrected chi connectivity index (χ4v) is 1.03. The van der Waals surface area contributed by atoms with Gasteiger partial charge in [0.15, 0.2) is 0 Å². The lowest BCUT2D eigenvalue weighted by molar-refractivity contribution is 0.370. The summed E-state index contributed by atoms with van der Waals surface area (Å²) >= 11 is 3.17. The highest BCUT2D eigenvalue weighted by atomic mass is 79.9. The molecule has 0 aromatic heterocycles. The molecule has 0 amide bonds. The minimum absolute atomic E-state index is 0. The van der Waals surface area contributed by atoms with E-state index in [0.717, 1.165) is 6.54 Å². The largest absolute Gasteiger partial charge is 0.313 e. The molecule has 1 aliphatic heterocycles. The molecule has 1 aliphatic rings. The van der Waals surface area contributed by atoms with Gasteiger partial charge in [-0.25, -0.2) is 4.39 Å². The number of alkyl halides is 2. The summed E-state index contributed by atoms with van der Waals surface area (Å²) in [7, 11) is 0. The van der Waals surface area contributed by atoms with Crippen molar-refractivity contribution in [1.82, 2.24) is 5.32 Å². The highest BCUT2D eigenvalue weighted by Gasteiger charge is 2.22. The van der Waals surface area contributed by atoms with Crippen molar-refractivity contribution in [1.29, 1.82) is 0 Å². The number of halogens is 3. The van der Waals surface area contributed by atoms with Crippen LogP contribution < -0.4 is 5.32 Å². The number of rotatable bonds is 0. The van der Waals surface area contributed by atoms with Gasteiger partial charge in [0.2, 0.25) is 0 Å². The molecule has 0 saturated carbocycles. The van der Waals surface area contributed by atoms with E-state index in [0.29, 0.717) is 6.54 Å². The summed E-state index contributed by atoms with van der Waals surface area (Å²) in [6, 6.07) is 0. The zero-order chi connectivity index (χ0) is 5.28. The molecule has 2 atom stereocenters. The van der Waals surface area contributed by atoms with Crippen LogP contribution in [0.15, 0.2) is 0 Å². The van der Waals surface area contributed by atoms with Crippen molar-refractivity contribution < 1.29 is 4.39 Å². The van der Waals surface area contributed by atoms with Crippen LogP contribution in [-0.4, -0.2) is 24.1 Å². The fraction of sp³-hybridized carbons (Fsp3) is 1.00. The number of hydrogen-bond donors (Lipinski definition) is 1. The maximum absolute atomic E-state index is 12.2. The van der Waals surface area contributed by atoms with E-state index in [1.54, 1.807) is 0 Å². The topological polar surface area (TPSA) is 12.0 Å². The third-order valence-electron chi connectivity index (χ3n) is 1.07. The third-order valence-corrected chi connectivity index (χ3v) is 1.97. The van der Waals surface area contributed by atoms with Crippen molar-refractivity contribution in [3.63, 3.8) is 0 Å². The van der Waals surface area contributed by atoms with Crippen LogP contribution in [0.25, 0.3) is 0 Å². The first-order valence-electron chi connectivity index (χ1n) is 2.29. The molecule has 1 rings (SSSR count). The van der Waals surface area contributed by atoms with Crippen LogP contribution in [0.4, 0.5) is 4.39 Å². The minimum Gasteiger partial charge on any atom is -0.313 e. The molecule has 1 fully saturated rings. The third kappa shape index (κ3) is 1.88. The lowest BCUT2D eigenvalue weighted by atomic mass is 10.3. The van der Waals surface area contributed by atoms with Gasteiger partial charge in [-0.15, -0.1) is 12.4 Å². The van der Waals surface area contributed by atoms with Crippen LogP contribution in [0.1, 0.15) is 0 Å². The molecule has 50 valence electrons.